The van der Waals surface area contributed by atoms with Crippen LogP contribution in [0.1, 0.15) is 58.3 Å². The molecule has 0 bridgehead atoms. The summed E-state index contributed by atoms with van der Waals surface area (Å²) in [6, 6.07) is 0. The molecular formula is C21H26O. The van der Waals surface area contributed by atoms with Crippen LogP contribution in [-0.2, 0) is 4.79 Å². The summed E-state index contributed by atoms with van der Waals surface area (Å²) in [7, 11) is 0. The summed E-state index contributed by atoms with van der Waals surface area (Å²) >= 11 is 0. The van der Waals surface area contributed by atoms with Gasteiger partial charge in [0.15, 0.2) is 0 Å². The Labute approximate surface area is 134 Å². The van der Waals surface area contributed by atoms with Crippen molar-refractivity contribution in [2.45, 2.75) is 58.3 Å². The number of carbonyl (C=O) groups excluding carboxylic acids is 1. The molecule has 1 unspecified atom stereocenters. The topological polar surface area (TPSA) is 17.1 Å². The highest BCUT2D eigenvalue weighted by molar-refractivity contribution is 5.84. The summed E-state index contributed by atoms with van der Waals surface area (Å²) in [5.74, 6) is 0.984. The van der Waals surface area contributed by atoms with Crippen molar-refractivity contribution in [3.05, 3.63) is 53.3 Å². The summed E-state index contributed by atoms with van der Waals surface area (Å²) in [5.41, 5.74) is 8.75. The van der Waals surface area contributed by atoms with Crippen molar-refractivity contribution in [3.8, 4) is 0 Å². The van der Waals surface area contributed by atoms with E-state index >= 15 is 0 Å². The van der Waals surface area contributed by atoms with Crippen molar-refractivity contribution in [2.75, 3.05) is 0 Å². The zero-order valence-corrected chi connectivity index (χ0v) is 13.7. The molecule has 1 heteroatoms. The van der Waals surface area contributed by atoms with E-state index in [2.05, 4.69) is 38.0 Å². The van der Waals surface area contributed by atoms with Crippen LogP contribution in [0, 0.1) is 11.3 Å². The Balaban J connectivity index is 1.87. The molecule has 22 heavy (non-hydrogen) atoms. The van der Waals surface area contributed by atoms with Crippen LogP contribution in [0.15, 0.2) is 53.3 Å². The van der Waals surface area contributed by atoms with Crippen LogP contribution in [-0.4, -0.2) is 5.78 Å². The molecule has 0 N–H and O–H groups in total. The smallest absolute Gasteiger partial charge is 0.137 e. The van der Waals surface area contributed by atoms with Crippen LogP contribution in [0.4, 0.5) is 0 Å². The minimum absolute atomic E-state index is 0.268. The predicted octanol–water partition coefficient (Wildman–Crippen LogP) is 5.46. The zero-order valence-electron chi connectivity index (χ0n) is 13.7. The van der Waals surface area contributed by atoms with Gasteiger partial charge in [-0.3, -0.25) is 4.79 Å². The molecule has 3 aliphatic rings. The molecule has 0 aliphatic heterocycles. The Hall–Kier alpha value is -1.59. The van der Waals surface area contributed by atoms with Crippen LogP contribution in [0.2, 0.25) is 0 Å². The van der Waals surface area contributed by atoms with Gasteiger partial charge in [0.05, 0.1) is 0 Å². The first-order chi connectivity index (χ1) is 10.5. The molecule has 3 fully saturated rings. The summed E-state index contributed by atoms with van der Waals surface area (Å²) in [6.07, 6.45) is 12.6. The van der Waals surface area contributed by atoms with Gasteiger partial charge in [0, 0.05) is 18.3 Å². The van der Waals surface area contributed by atoms with Gasteiger partial charge in [0.2, 0.25) is 0 Å². The highest BCUT2D eigenvalue weighted by atomic mass is 16.1. The Morgan fingerprint density at radius 3 is 2.82 bits per heavy atom. The second kappa shape index (κ2) is 5.89. The first-order valence-electron chi connectivity index (χ1n) is 8.53. The maximum absolute atomic E-state index is 11.7. The summed E-state index contributed by atoms with van der Waals surface area (Å²) in [6.45, 7) is 10.4. The number of Topliss-reactive ketones (excluding diaryl/α,β-unsaturated/α-hetero) is 1. The Morgan fingerprint density at radius 2 is 2.05 bits per heavy atom. The van der Waals surface area contributed by atoms with Crippen molar-refractivity contribution in [1.29, 1.82) is 0 Å². The van der Waals surface area contributed by atoms with Crippen molar-refractivity contribution in [2.24, 2.45) is 11.3 Å². The SMILES string of the molecule is C=C=C1CCC2/C(=C/C=C3/CC(=O)CCC3=C)CCC[C@]12C. The predicted molar refractivity (Wildman–Crippen MR) is 91.5 cm³/mol. The lowest BCUT2D eigenvalue weighted by Gasteiger charge is -2.38. The van der Waals surface area contributed by atoms with Gasteiger partial charge >= 0.3 is 0 Å². The van der Waals surface area contributed by atoms with Gasteiger partial charge in [-0.15, -0.1) is 5.73 Å². The molecule has 0 spiro atoms. The molecule has 0 amide bonds. The maximum Gasteiger partial charge on any atom is 0.137 e. The third-order valence-electron chi connectivity index (χ3n) is 6.01. The number of hydrogen-bond acceptors (Lipinski definition) is 1. The summed E-state index contributed by atoms with van der Waals surface area (Å²) in [4.78, 5) is 11.7. The van der Waals surface area contributed by atoms with E-state index in [1.165, 1.54) is 31.3 Å². The van der Waals surface area contributed by atoms with E-state index in [1.54, 1.807) is 5.57 Å². The minimum Gasteiger partial charge on any atom is -0.299 e. The lowest BCUT2D eigenvalue weighted by molar-refractivity contribution is -0.118. The van der Waals surface area contributed by atoms with Gasteiger partial charge < -0.3 is 0 Å². The number of ketones is 1. The van der Waals surface area contributed by atoms with Crippen LogP contribution >= 0.6 is 0 Å². The molecule has 0 aromatic rings. The lowest BCUT2D eigenvalue weighted by Crippen LogP contribution is -2.28. The quantitative estimate of drug-likeness (QED) is 0.587. The first-order valence-corrected chi connectivity index (χ1v) is 8.53. The maximum atomic E-state index is 11.7. The number of fused-ring (bicyclic) bond motifs is 1. The Bertz CT molecular complexity index is 624. The van der Waals surface area contributed by atoms with E-state index in [-0.39, 0.29) is 5.41 Å². The van der Waals surface area contributed by atoms with E-state index in [9.17, 15) is 4.79 Å². The summed E-state index contributed by atoms with van der Waals surface area (Å²) < 4.78 is 0. The molecule has 0 aromatic carbocycles. The largest absolute Gasteiger partial charge is 0.299 e. The standard InChI is InChI=1S/C21H26O/c1-4-18-10-12-20-16(6-5-13-21(18,20)3)8-9-17-14-19(22)11-7-15(17)2/h8-9,20H,1-2,5-7,10-14H2,3H3/b16-8+,17-9-/t20?,21-/m1/s1. The fourth-order valence-corrected chi connectivity index (χ4v) is 4.61. The van der Waals surface area contributed by atoms with Gasteiger partial charge in [-0.1, -0.05) is 43.4 Å². The number of carbonyl (C=O) groups is 1. The molecule has 0 radical (unpaired) electrons. The van der Waals surface area contributed by atoms with Gasteiger partial charge in [0.25, 0.3) is 0 Å². The first kappa shape index (κ1) is 15.3. The third kappa shape index (κ3) is 2.59. The van der Waals surface area contributed by atoms with Crippen LogP contribution in [0.5, 0.6) is 0 Å². The molecule has 1 nitrogen and oxygen atoms in total. The van der Waals surface area contributed by atoms with Crippen LogP contribution in [0.3, 0.4) is 0 Å². The molecule has 3 aliphatic carbocycles. The zero-order chi connectivity index (χ0) is 15.7. The average molecular weight is 294 g/mol. The molecule has 3 saturated carbocycles. The minimum atomic E-state index is 0.268. The van der Waals surface area contributed by atoms with Crippen LogP contribution < -0.4 is 0 Å². The van der Waals surface area contributed by atoms with Crippen LogP contribution in [0.25, 0.3) is 0 Å². The highest BCUT2D eigenvalue weighted by Gasteiger charge is 2.45. The monoisotopic (exact) mass is 294 g/mol. The van der Waals surface area contributed by atoms with Gasteiger partial charge in [-0.2, -0.15) is 0 Å². The Morgan fingerprint density at radius 1 is 1.23 bits per heavy atom. The number of allylic oxidation sites excluding steroid dienone is 6. The molecule has 0 aromatic heterocycles. The second-order valence-corrected chi connectivity index (χ2v) is 7.27. The molecular weight excluding hydrogens is 268 g/mol. The normalized spacial score (nSPS) is 35.9. The van der Waals surface area contributed by atoms with E-state index in [4.69, 9.17) is 0 Å². The van der Waals surface area contributed by atoms with Gasteiger partial charge in [-0.25, -0.2) is 0 Å². The van der Waals surface area contributed by atoms with Gasteiger partial charge in [-0.05, 0) is 55.6 Å². The summed E-state index contributed by atoms with van der Waals surface area (Å²) in [5, 5.41) is 0. The number of hydrogen-bond donors (Lipinski definition) is 0. The lowest BCUT2D eigenvalue weighted by atomic mass is 9.65. The molecule has 2 atom stereocenters. The van der Waals surface area contributed by atoms with Crippen molar-refractivity contribution >= 4 is 5.78 Å². The van der Waals surface area contributed by atoms with E-state index in [1.807, 2.05) is 0 Å². The molecule has 0 saturated heterocycles. The van der Waals surface area contributed by atoms with E-state index < -0.39 is 0 Å². The van der Waals surface area contributed by atoms with Crippen molar-refractivity contribution in [1.82, 2.24) is 0 Å². The molecule has 3 rings (SSSR count). The van der Waals surface area contributed by atoms with E-state index in [0.717, 1.165) is 24.0 Å². The molecule has 116 valence electrons. The average Bonchev–Trinajstić information content (AvgIpc) is 2.85. The van der Waals surface area contributed by atoms with E-state index in [0.29, 0.717) is 24.5 Å². The van der Waals surface area contributed by atoms with Crippen molar-refractivity contribution < 1.29 is 4.79 Å². The van der Waals surface area contributed by atoms with Gasteiger partial charge in [0.1, 0.15) is 5.78 Å². The number of rotatable bonds is 1. The highest BCUT2D eigenvalue weighted by Crippen LogP contribution is 2.56. The fraction of sp³-hybridized carbons (Fsp3) is 0.524. The Kier molecular flexibility index (Phi) is 4.10. The molecule has 0 heterocycles. The third-order valence-corrected chi connectivity index (χ3v) is 6.01. The second-order valence-electron chi connectivity index (χ2n) is 7.27. The van der Waals surface area contributed by atoms with Crippen molar-refractivity contribution in [3.63, 3.8) is 0 Å². The fourth-order valence-electron chi connectivity index (χ4n) is 4.61.